The third kappa shape index (κ3) is 8.54. The number of aliphatic carboxylic acids is 2. The number of aromatic nitrogens is 2. The van der Waals surface area contributed by atoms with E-state index in [1.54, 1.807) is 50.2 Å². The average Bonchev–Trinajstić information content (AvgIpc) is 3.61. The number of amides is 2. The number of carbonyl (C=O) groups is 6. The quantitative estimate of drug-likeness (QED) is 0.0812. The predicted molar refractivity (Wildman–Crippen MR) is 212 cm³/mol. The lowest BCUT2D eigenvalue weighted by Gasteiger charge is -2.22. The van der Waals surface area contributed by atoms with E-state index in [0.29, 0.717) is 46.3 Å². The zero-order valence-corrected chi connectivity index (χ0v) is 31.9. The molecule has 0 saturated carbocycles. The van der Waals surface area contributed by atoms with Gasteiger partial charge in [-0.25, -0.2) is 9.59 Å². The number of hydrogen-bond acceptors (Lipinski definition) is 8. The Kier molecular flexibility index (Phi) is 12.0. The summed E-state index contributed by atoms with van der Waals surface area (Å²) >= 11 is 0. The second kappa shape index (κ2) is 16.7. The van der Waals surface area contributed by atoms with Gasteiger partial charge in [-0.3, -0.25) is 19.2 Å². The number of fused-ring (bicyclic) bond motifs is 2. The van der Waals surface area contributed by atoms with Gasteiger partial charge in [0.15, 0.2) is 11.7 Å². The first kappa shape index (κ1) is 41.0. The standard InChI is InChI=1S/C22H22N2O5.C21H20N2O5/c1-13-17(19(25)20(23)26)18-15(24(13)12-14-8-5-4-6-9-14)10-7-11-16(18)29-22(2,3)21(27)28;1-12-17(19(24)20(22)25)18-15(23(12)11-14-7-4-3-5-8-14)9-6-10-16(18)28-13(2)21(26)27/h4-11H,12H2,1-3H3,(H2,23,26)(H,27,28);3-10,13H,11H2,1-2H3,(H2,22,25)(H,26,27). The SMILES string of the molecule is Cc1c(C(=O)C(N)=O)c2c(OC(C)(C)C(=O)O)cccc2n1Cc1ccccc1.Cc1c(C(=O)C(N)=O)c2c(OC(C)C(=O)O)cccc2n1Cc1ccccc1. The Morgan fingerprint density at radius 3 is 1.42 bits per heavy atom. The van der Waals surface area contributed by atoms with Gasteiger partial charge >= 0.3 is 11.9 Å². The van der Waals surface area contributed by atoms with Crippen molar-refractivity contribution < 1.29 is 48.5 Å². The maximum absolute atomic E-state index is 12.6. The number of hydrogen-bond donors (Lipinski definition) is 4. The van der Waals surface area contributed by atoms with Crippen molar-refractivity contribution in [2.24, 2.45) is 11.5 Å². The number of ketones is 2. The van der Waals surface area contributed by atoms with Crippen LogP contribution in [-0.4, -0.2) is 66.4 Å². The molecular weight excluding hydrogens is 732 g/mol. The second-order valence-corrected chi connectivity index (χ2v) is 13.8. The lowest BCUT2D eigenvalue weighted by molar-refractivity contribution is -0.152. The third-order valence-corrected chi connectivity index (χ3v) is 9.42. The number of nitrogens with zero attached hydrogens (tertiary/aromatic N) is 2. The van der Waals surface area contributed by atoms with Gasteiger partial charge in [-0.2, -0.15) is 0 Å². The van der Waals surface area contributed by atoms with Gasteiger partial charge < -0.3 is 40.3 Å². The summed E-state index contributed by atoms with van der Waals surface area (Å²) in [7, 11) is 0. The number of carboxylic acid groups (broad SMARTS) is 2. The molecule has 1 atom stereocenters. The maximum atomic E-state index is 12.6. The van der Waals surface area contributed by atoms with Crippen LogP contribution in [0.3, 0.4) is 0 Å². The van der Waals surface area contributed by atoms with Crippen molar-refractivity contribution in [2.75, 3.05) is 0 Å². The van der Waals surface area contributed by atoms with Crippen molar-refractivity contribution in [2.45, 2.75) is 59.4 Å². The van der Waals surface area contributed by atoms with E-state index in [4.69, 9.17) is 26.0 Å². The maximum Gasteiger partial charge on any atom is 0.347 e. The van der Waals surface area contributed by atoms with Crippen LogP contribution in [0.5, 0.6) is 11.5 Å². The zero-order chi connectivity index (χ0) is 41.8. The fourth-order valence-corrected chi connectivity index (χ4v) is 6.47. The minimum Gasteiger partial charge on any atom is -0.479 e. The van der Waals surface area contributed by atoms with Crippen LogP contribution in [-0.2, 0) is 32.3 Å². The molecule has 4 aromatic carbocycles. The van der Waals surface area contributed by atoms with Gasteiger partial charge in [-0.1, -0.05) is 72.8 Å². The van der Waals surface area contributed by atoms with Crippen LogP contribution in [0.4, 0.5) is 0 Å². The summed E-state index contributed by atoms with van der Waals surface area (Å²) < 4.78 is 15.1. The van der Waals surface area contributed by atoms with E-state index in [9.17, 15) is 33.9 Å². The predicted octanol–water partition coefficient (Wildman–Crippen LogP) is 5.43. The molecule has 0 fully saturated rings. The molecule has 0 aliphatic heterocycles. The number of rotatable bonds is 14. The molecule has 6 aromatic rings. The topological polar surface area (TPSA) is 223 Å². The van der Waals surface area contributed by atoms with Crippen LogP contribution in [0.1, 0.15) is 64.0 Å². The highest BCUT2D eigenvalue weighted by atomic mass is 16.5. The number of carboxylic acids is 2. The van der Waals surface area contributed by atoms with E-state index < -0.39 is 47.0 Å². The first-order valence-corrected chi connectivity index (χ1v) is 17.8. The van der Waals surface area contributed by atoms with Gasteiger partial charge in [0, 0.05) is 24.5 Å². The van der Waals surface area contributed by atoms with Crippen LogP contribution in [0.25, 0.3) is 21.8 Å². The van der Waals surface area contributed by atoms with Crippen molar-refractivity contribution in [3.8, 4) is 11.5 Å². The average molecular weight is 775 g/mol. The first-order valence-electron chi connectivity index (χ1n) is 17.8. The number of benzene rings is 4. The smallest absolute Gasteiger partial charge is 0.347 e. The molecule has 2 aromatic heterocycles. The fourth-order valence-electron chi connectivity index (χ4n) is 6.47. The number of ether oxygens (including phenoxy) is 2. The number of carbonyl (C=O) groups excluding carboxylic acids is 4. The number of primary amides is 2. The van der Waals surface area contributed by atoms with E-state index in [-0.39, 0.29) is 22.6 Å². The molecule has 0 aliphatic carbocycles. The number of Topliss-reactive ketones (excluding diaryl/α,β-unsaturated/α-hetero) is 2. The summed E-state index contributed by atoms with van der Waals surface area (Å²) in [6.45, 7) is 8.60. The molecule has 0 bridgehead atoms. The van der Waals surface area contributed by atoms with E-state index >= 15 is 0 Å². The zero-order valence-electron chi connectivity index (χ0n) is 31.9. The Bertz CT molecular complexity index is 2540. The third-order valence-electron chi connectivity index (χ3n) is 9.42. The van der Waals surface area contributed by atoms with Crippen molar-refractivity contribution in [3.05, 3.63) is 131 Å². The van der Waals surface area contributed by atoms with Crippen molar-refractivity contribution in [1.82, 2.24) is 9.13 Å². The Morgan fingerprint density at radius 2 is 1.04 bits per heavy atom. The van der Waals surface area contributed by atoms with Gasteiger partial charge in [0.2, 0.25) is 0 Å². The summed E-state index contributed by atoms with van der Waals surface area (Å²) in [4.78, 5) is 71.3. The monoisotopic (exact) mass is 774 g/mol. The van der Waals surface area contributed by atoms with E-state index in [1.807, 2.05) is 69.8 Å². The first-order chi connectivity index (χ1) is 26.9. The minimum absolute atomic E-state index is 0.125. The molecule has 6 N–H and O–H groups in total. The Morgan fingerprint density at radius 1 is 0.632 bits per heavy atom. The summed E-state index contributed by atoms with van der Waals surface area (Å²) in [5.41, 5.74) is 13.7. The molecule has 14 nitrogen and oxygen atoms in total. The molecule has 1 unspecified atom stereocenters. The van der Waals surface area contributed by atoms with Crippen LogP contribution in [0.2, 0.25) is 0 Å². The van der Waals surface area contributed by atoms with Crippen LogP contribution >= 0.6 is 0 Å². The number of nitrogens with two attached hydrogens (primary N) is 2. The highest BCUT2D eigenvalue weighted by Gasteiger charge is 2.33. The van der Waals surface area contributed by atoms with E-state index in [1.165, 1.54) is 20.8 Å². The highest BCUT2D eigenvalue weighted by Crippen LogP contribution is 2.37. The normalized spacial score (nSPS) is 11.7. The van der Waals surface area contributed by atoms with Crippen molar-refractivity contribution >= 4 is 57.1 Å². The van der Waals surface area contributed by atoms with Gasteiger partial charge in [0.05, 0.1) is 32.9 Å². The molecule has 57 heavy (non-hydrogen) atoms. The molecule has 2 heterocycles. The van der Waals surface area contributed by atoms with Gasteiger partial charge in [0.1, 0.15) is 11.5 Å². The van der Waals surface area contributed by atoms with E-state index in [0.717, 1.165) is 11.1 Å². The Hall–Kier alpha value is -7.22. The summed E-state index contributed by atoms with van der Waals surface area (Å²) in [5.74, 6) is -5.72. The van der Waals surface area contributed by atoms with Crippen LogP contribution in [0, 0.1) is 13.8 Å². The van der Waals surface area contributed by atoms with E-state index in [2.05, 4.69) is 0 Å². The summed E-state index contributed by atoms with van der Waals surface area (Å²) in [6, 6.07) is 29.5. The molecule has 6 rings (SSSR count). The van der Waals surface area contributed by atoms with Gasteiger partial charge in [-0.05, 0) is 70.0 Å². The molecule has 0 aliphatic rings. The van der Waals surface area contributed by atoms with Crippen molar-refractivity contribution in [3.63, 3.8) is 0 Å². The molecule has 0 saturated heterocycles. The van der Waals surface area contributed by atoms with Gasteiger partial charge in [0.25, 0.3) is 23.4 Å². The summed E-state index contributed by atoms with van der Waals surface area (Å²) in [6.07, 6.45) is -1.13. The molecule has 294 valence electrons. The molecular formula is C43H42N4O10. The second-order valence-electron chi connectivity index (χ2n) is 13.8. The minimum atomic E-state index is -1.53. The lowest BCUT2D eigenvalue weighted by Crippen LogP contribution is -2.38. The fraction of sp³-hybridized carbons (Fsp3) is 0.209. The molecule has 0 spiro atoms. The summed E-state index contributed by atoms with van der Waals surface area (Å²) in [5, 5.41) is 19.3. The van der Waals surface area contributed by atoms with Crippen LogP contribution in [0.15, 0.2) is 97.1 Å². The van der Waals surface area contributed by atoms with Gasteiger partial charge in [-0.15, -0.1) is 0 Å². The Labute approximate surface area is 327 Å². The molecule has 2 amide bonds. The Balaban J connectivity index is 0.000000218. The highest BCUT2D eigenvalue weighted by molar-refractivity contribution is 6.45. The van der Waals surface area contributed by atoms with Crippen LogP contribution < -0.4 is 20.9 Å². The molecule has 0 radical (unpaired) electrons. The lowest BCUT2D eigenvalue weighted by atomic mass is 10.0. The largest absolute Gasteiger partial charge is 0.479 e. The van der Waals surface area contributed by atoms with Crippen molar-refractivity contribution in [1.29, 1.82) is 0 Å². The molecule has 14 heteroatoms.